The normalized spacial score (nSPS) is 24.4. The molecule has 1 aromatic heterocycles. The Morgan fingerprint density at radius 1 is 1.72 bits per heavy atom. The molecule has 4 nitrogen and oxygen atoms in total. The molecule has 1 aromatic rings. The van der Waals surface area contributed by atoms with Crippen LogP contribution in [0.4, 0.5) is 0 Å². The van der Waals surface area contributed by atoms with Gasteiger partial charge in [0.15, 0.2) is 0 Å². The fraction of sp³-hybridized carbons (Fsp3) is 0.538. The molecule has 1 fully saturated rings. The predicted octanol–water partition coefficient (Wildman–Crippen LogP) is 1.85. The fourth-order valence-electron chi connectivity index (χ4n) is 2.52. The van der Waals surface area contributed by atoms with E-state index in [1.807, 2.05) is 5.38 Å². The molecule has 2 unspecified atom stereocenters. The minimum Gasteiger partial charge on any atom is -0.469 e. The van der Waals surface area contributed by atoms with E-state index in [2.05, 4.69) is 22.4 Å². The second-order valence-corrected chi connectivity index (χ2v) is 5.25. The Labute approximate surface area is 111 Å². The van der Waals surface area contributed by atoms with Crippen molar-refractivity contribution in [3.8, 4) is 6.07 Å². The van der Waals surface area contributed by atoms with Gasteiger partial charge in [0.2, 0.25) is 0 Å². The summed E-state index contributed by atoms with van der Waals surface area (Å²) < 4.78 is 4.89. The molecule has 1 saturated heterocycles. The monoisotopic (exact) mass is 264 g/mol. The zero-order valence-corrected chi connectivity index (χ0v) is 11.2. The number of carbonyl (C=O) groups is 1. The summed E-state index contributed by atoms with van der Waals surface area (Å²) in [6, 6.07) is 4.23. The molecule has 0 amide bonds. The van der Waals surface area contributed by atoms with Crippen LogP contribution in [0.3, 0.4) is 0 Å². The van der Waals surface area contributed by atoms with E-state index >= 15 is 0 Å². The fourth-order valence-corrected chi connectivity index (χ4v) is 3.25. The Morgan fingerprint density at radius 2 is 2.56 bits per heavy atom. The number of carbonyl (C=O) groups excluding carboxylic acids is 1. The summed E-state index contributed by atoms with van der Waals surface area (Å²) in [7, 11) is 1.44. The average molecular weight is 264 g/mol. The van der Waals surface area contributed by atoms with Gasteiger partial charge >= 0.3 is 5.97 Å². The number of likely N-dealkylation sites (tertiary alicyclic amines) is 1. The molecule has 2 heterocycles. The van der Waals surface area contributed by atoms with Crippen molar-refractivity contribution in [1.29, 1.82) is 5.26 Å². The van der Waals surface area contributed by atoms with Gasteiger partial charge in [-0.3, -0.25) is 9.69 Å². The van der Waals surface area contributed by atoms with E-state index in [1.54, 1.807) is 11.3 Å². The molecule has 0 aliphatic carbocycles. The van der Waals surface area contributed by atoms with Gasteiger partial charge in [-0.25, -0.2) is 0 Å². The van der Waals surface area contributed by atoms with Crippen molar-refractivity contribution >= 4 is 17.3 Å². The van der Waals surface area contributed by atoms with Gasteiger partial charge in [-0.2, -0.15) is 16.6 Å². The van der Waals surface area contributed by atoms with Gasteiger partial charge in [0.05, 0.1) is 25.6 Å². The molecule has 1 aliphatic heterocycles. The van der Waals surface area contributed by atoms with Gasteiger partial charge in [-0.05, 0) is 28.8 Å². The van der Waals surface area contributed by atoms with E-state index in [-0.39, 0.29) is 17.8 Å². The Kier molecular flexibility index (Phi) is 4.34. The van der Waals surface area contributed by atoms with Gasteiger partial charge in [-0.1, -0.05) is 0 Å². The number of piperidine rings is 1. The number of nitrogens with zero attached hydrogens (tertiary/aromatic N) is 2. The highest BCUT2D eigenvalue weighted by Gasteiger charge is 2.35. The first-order valence-electron chi connectivity index (χ1n) is 5.95. The van der Waals surface area contributed by atoms with Crippen LogP contribution in [0.2, 0.25) is 0 Å². The topological polar surface area (TPSA) is 53.3 Å². The number of ether oxygens (including phenoxy) is 1. The number of rotatable bonds is 3. The first-order chi connectivity index (χ1) is 8.76. The number of esters is 1. The number of hydrogen-bond donors (Lipinski definition) is 0. The molecular formula is C13H16N2O2S. The van der Waals surface area contributed by atoms with Crippen molar-refractivity contribution in [2.45, 2.75) is 12.3 Å². The highest BCUT2D eigenvalue weighted by Crippen LogP contribution is 2.34. The van der Waals surface area contributed by atoms with E-state index < -0.39 is 0 Å². The number of thiophene rings is 1. The summed E-state index contributed by atoms with van der Waals surface area (Å²) in [6.45, 7) is 1.96. The van der Waals surface area contributed by atoms with Crippen molar-refractivity contribution in [2.24, 2.45) is 5.92 Å². The molecule has 0 spiro atoms. The molecule has 5 heteroatoms. The Bertz CT molecular complexity index is 438. The van der Waals surface area contributed by atoms with Gasteiger partial charge in [0.1, 0.15) is 0 Å². The molecule has 0 saturated carbocycles. The zero-order chi connectivity index (χ0) is 13.0. The van der Waals surface area contributed by atoms with E-state index in [9.17, 15) is 4.79 Å². The van der Waals surface area contributed by atoms with Crippen molar-refractivity contribution in [2.75, 3.05) is 26.7 Å². The highest BCUT2D eigenvalue weighted by atomic mass is 32.1. The summed E-state index contributed by atoms with van der Waals surface area (Å²) in [4.78, 5) is 13.9. The number of hydrogen-bond acceptors (Lipinski definition) is 5. The zero-order valence-electron chi connectivity index (χ0n) is 10.3. The third-order valence-electron chi connectivity index (χ3n) is 3.47. The minimum atomic E-state index is -0.136. The lowest BCUT2D eigenvalue weighted by atomic mass is 9.82. The first kappa shape index (κ1) is 13.1. The molecule has 0 bridgehead atoms. The summed E-state index contributed by atoms with van der Waals surface area (Å²) in [5.74, 6) is -0.0758. The summed E-state index contributed by atoms with van der Waals surface area (Å²) >= 11 is 1.63. The second-order valence-electron chi connectivity index (χ2n) is 4.47. The molecule has 0 radical (unpaired) electrons. The van der Waals surface area contributed by atoms with Crippen LogP contribution in [0, 0.1) is 17.2 Å². The van der Waals surface area contributed by atoms with Gasteiger partial charge in [0.25, 0.3) is 0 Å². The van der Waals surface area contributed by atoms with Crippen molar-refractivity contribution in [1.82, 2.24) is 4.90 Å². The molecule has 2 rings (SSSR count). The van der Waals surface area contributed by atoms with Crippen LogP contribution in [0.25, 0.3) is 0 Å². The summed E-state index contributed by atoms with van der Waals surface area (Å²) in [5.41, 5.74) is 1.18. The maximum Gasteiger partial charge on any atom is 0.309 e. The number of methoxy groups -OCH3 is 1. The lowest BCUT2D eigenvalue weighted by Gasteiger charge is -2.35. The van der Waals surface area contributed by atoms with Crippen LogP contribution in [0.5, 0.6) is 0 Å². The molecule has 0 aromatic carbocycles. The van der Waals surface area contributed by atoms with Crippen molar-refractivity contribution in [3.05, 3.63) is 22.4 Å². The summed E-state index contributed by atoms with van der Waals surface area (Å²) in [6.07, 6.45) is 0.759. The lowest BCUT2D eigenvalue weighted by Crippen LogP contribution is -2.42. The Balaban J connectivity index is 2.16. The molecule has 2 atom stereocenters. The quantitative estimate of drug-likeness (QED) is 0.617. The van der Waals surface area contributed by atoms with Crippen molar-refractivity contribution < 1.29 is 9.53 Å². The minimum absolute atomic E-state index is 0.0838. The van der Waals surface area contributed by atoms with Crippen LogP contribution < -0.4 is 0 Å². The average Bonchev–Trinajstić information content (AvgIpc) is 2.92. The first-order valence-corrected chi connectivity index (χ1v) is 6.89. The maximum atomic E-state index is 11.8. The maximum absolute atomic E-state index is 11.8. The standard InChI is InChI=1S/C13H16N2O2S/c1-17-13(16)11-2-5-15(6-4-14)8-12(11)10-3-7-18-9-10/h3,7,9,11-12H,2,5-6,8H2,1H3. The largest absolute Gasteiger partial charge is 0.469 e. The van der Waals surface area contributed by atoms with Gasteiger partial charge in [0, 0.05) is 19.0 Å². The van der Waals surface area contributed by atoms with E-state index in [4.69, 9.17) is 10.00 Å². The summed E-state index contributed by atoms with van der Waals surface area (Å²) in [5, 5.41) is 12.9. The molecular weight excluding hydrogens is 248 g/mol. The Hall–Kier alpha value is -1.38. The van der Waals surface area contributed by atoms with Crippen LogP contribution >= 0.6 is 11.3 Å². The van der Waals surface area contributed by atoms with Crippen molar-refractivity contribution in [3.63, 3.8) is 0 Å². The van der Waals surface area contributed by atoms with Crippen LogP contribution in [-0.4, -0.2) is 37.6 Å². The molecule has 96 valence electrons. The van der Waals surface area contributed by atoms with Gasteiger partial charge in [-0.15, -0.1) is 0 Å². The van der Waals surface area contributed by atoms with E-state index in [0.29, 0.717) is 6.54 Å². The molecule has 18 heavy (non-hydrogen) atoms. The van der Waals surface area contributed by atoms with E-state index in [1.165, 1.54) is 12.7 Å². The number of nitriles is 1. The third-order valence-corrected chi connectivity index (χ3v) is 4.17. The van der Waals surface area contributed by atoms with Gasteiger partial charge < -0.3 is 4.74 Å². The van der Waals surface area contributed by atoms with Crippen LogP contribution in [-0.2, 0) is 9.53 Å². The molecule has 1 aliphatic rings. The highest BCUT2D eigenvalue weighted by molar-refractivity contribution is 7.08. The van der Waals surface area contributed by atoms with Crippen LogP contribution in [0.15, 0.2) is 16.8 Å². The van der Waals surface area contributed by atoms with Crippen LogP contribution in [0.1, 0.15) is 17.9 Å². The third kappa shape index (κ3) is 2.71. The Morgan fingerprint density at radius 3 is 3.17 bits per heavy atom. The predicted molar refractivity (Wildman–Crippen MR) is 69.2 cm³/mol. The second kappa shape index (κ2) is 5.98. The molecule has 0 N–H and O–H groups in total. The SMILES string of the molecule is COC(=O)C1CCN(CC#N)CC1c1ccsc1. The van der Waals surface area contributed by atoms with E-state index in [0.717, 1.165) is 19.5 Å². The lowest BCUT2D eigenvalue weighted by molar-refractivity contribution is -0.147. The smallest absolute Gasteiger partial charge is 0.309 e.